The van der Waals surface area contributed by atoms with Crippen LogP contribution in [-0.2, 0) is 0 Å². The van der Waals surface area contributed by atoms with Crippen LogP contribution in [-0.4, -0.2) is 31.6 Å². The molecule has 0 radical (unpaired) electrons. The molecule has 1 N–H and O–H groups in total. The number of nitrogens with one attached hydrogen (secondary N) is 1. The average molecular weight is 250 g/mol. The SMILES string of the molecule is CC(NCC1CCN(C)CC1)c1cccc(F)c1. The molecule has 1 saturated heterocycles. The van der Waals surface area contributed by atoms with Crippen LogP contribution in [0.1, 0.15) is 31.4 Å². The molecule has 1 fully saturated rings. The van der Waals surface area contributed by atoms with Gasteiger partial charge >= 0.3 is 0 Å². The Morgan fingerprint density at radius 3 is 2.78 bits per heavy atom. The van der Waals surface area contributed by atoms with Gasteiger partial charge in [-0.2, -0.15) is 0 Å². The first kappa shape index (κ1) is 13.5. The van der Waals surface area contributed by atoms with Gasteiger partial charge in [-0.25, -0.2) is 4.39 Å². The van der Waals surface area contributed by atoms with Crippen molar-refractivity contribution in [3.05, 3.63) is 35.6 Å². The monoisotopic (exact) mass is 250 g/mol. The van der Waals surface area contributed by atoms with Crippen LogP contribution >= 0.6 is 0 Å². The number of likely N-dealkylation sites (tertiary alicyclic amines) is 1. The van der Waals surface area contributed by atoms with Crippen LogP contribution in [0.15, 0.2) is 24.3 Å². The van der Waals surface area contributed by atoms with Crippen LogP contribution in [0.3, 0.4) is 0 Å². The van der Waals surface area contributed by atoms with E-state index in [1.54, 1.807) is 12.1 Å². The van der Waals surface area contributed by atoms with E-state index in [-0.39, 0.29) is 11.9 Å². The van der Waals surface area contributed by atoms with Crippen LogP contribution in [0, 0.1) is 11.7 Å². The Morgan fingerprint density at radius 1 is 1.39 bits per heavy atom. The van der Waals surface area contributed by atoms with Crippen molar-refractivity contribution in [2.45, 2.75) is 25.8 Å². The highest BCUT2D eigenvalue weighted by molar-refractivity contribution is 5.19. The molecule has 1 heterocycles. The molecule has 1 aromatic rings. The van der Waals surface area contributed by atoms with E-state index in [9.17, 15) is 4.39 Å². The van der Waals surface area contributed by atoms with Crippen molar-refractivity contribution >= 4 is 0 Å². The molecule has 1 aromatic carbocycles. The quantitative estimate of drug-likeness (QED) is 0.884. The van der Waals surface area contributed by atoms with Gasteiger partial charge in [0.15, 0.2) is 0 Å². The Labute approximate surface area is 109 Å². The molecule has 2 nitrogen and oxygen atoms in total. The van der Waals surface area contributed by atoms with Crippen molar-refractivity contribution in [3.63, 3.8) is 0 Å². The van der Waals surface area contributed by atoms with Gasteiger partial charge in [0.05, 0.1) is 0 Å². The fourth-order valence-corrected chi connectivity index (χ4v) is 2.50. The van der Waals surface area contributed by atoms with Crippen LogP contribution in [0.2, 0.25) is 0 Å². The van der Waals surface area contributed by atoms with E-state index in [1.807, 2.05) is 6.07 Å². The molecule has 2 rings (SSSR count). The summed E-state index contributed by atoms with van der Waals surface area (Å²) in [6.45, 7) is 5.52. The van der Waals surface area contributed by atoms with Crippen molar-refractivity contribution in [2.24, 2.45) is 5.92 Å². The summed E-state index contributed by atoms with van der Waals surface area (Å²) in [7, 11) is 2.18. The van der Waals surface area contributed by atoms with Gasteiger partial charge in [-0.1, -0.05) is 12.1 Å². The number of piperidine rings is 1. The van der Waals surface area contributed by atoms with Crippen LogP contribution in [0.5, 0.6) is 0 Å². The van der Waals surface area contributed by atoms with E-state index < -0.39 is 0 Å². The third-order valence-corrected chi connectivity index (χ3v) is 3.90. The number of halogens is 1. The highest BCUT2D eigenvalue weighted by atomic mass is 19.1. The molecule has 1 aliphatic rings. The Bertz CT molecular complexity index is 373. The molecule has 0 spiro atoms. The summed E-state index contributed by atoms with van der Waals surface area (Å²) in [6.07, 6.45) is 2.53. The van der Waals surface area contributed by atoms with Crippen LogP contribution < -0.4 is 5.32 Å². The molecular formula is C15H23FN2. The first-order chi connectivity index (χ1) is 8.65. The van der Waals surface area contributed by atoms with Gasteiger partial charge in [-0.3, -0.25) is 0 Å². The summed E-state index contributed by atoms with van der Waals surface area (Å²) >= 11 is 0. The van der Waals surface area contributed by atoms with E-state index in [1.165, 1.54) is 32.0 Å². The van der Waals surface area contributed by atoms with Crippen LogP contribution in [0.25, 0.3) is 0 Å². The lowest BCUT2D eigenvalue weighted by Crippen LogP contribution is -2.35. The van der Waals surface area contributed by atoms with Gasteiger partial charge in [0.2, 0.25) is 0 Å². The van der Waals surface area contributed by atoms with E-state index in [4.69, 9.17) is 0 Å². The Balaban J connectivity index is 1.79. The number of benzene rings is 1. The van der Waals surface area contributed by atoms with Crippen molar-refractivity contribution in [1.82, 2.24) is 10.2 Å². The maximum Gasteiger partial charge on any atom is 0.123 e. The molecule has 1 unspecified atom stereocenters. The van der Waals surface area contributed by atoms with Crippen molar-refractivity contribution in [1.29, 1.82) is 0 Å². The standard InChI is InChI=1S/C15H23FN2/c1-12(14-4-3-5-15(16)10-14)17-11-13-6-8-18(2)9-7-13/h3-5,10,12-13,17H,6-9,11H2,1-2H3. The third kappa shape index (κ3) is 3.79. The molecular weight excluding hydrogens is 227 g/mol. The van der Waals surface area contributed by atoms with Gasteiger partial charge in [0, 0.05) is 6.04 Å². The first-order valence-electron chi connectivity index (χ1n) is 6.82. The van der Waals surface area contributed by atoms with E-state index >= 15 is 0 Å². The zero-order valence-electron chi connectivity index (χ0n) is 11.3. The molecule has 1 atom stereocenters. The second kappa shape index (κ2) is 6.30. The van der Waals surface area contributed by atoms with Crippen LogP contribution in [0.4, 0.5) is 4.39 Å². The van der Waals surface area contributed by atoms with Crippen molar-refractivity contribution < 1.29 is 4.39 Å². The summed E-state index contributed by atoms with van der Waals surface area (Å²) in [4.78, 5) is 2.38. The highest BCUT2D eigenvalue weighted by Crippen LogP contribution is 2.18. The number of rotatable bonds is 4. The fourth-order valence-electron chi connectivity index (χ4n) is 2.50. The van der Waals surface area contributed by atoms with Gasteiger partial charge < -0.3 is 10.2 Å². The molecule has 100 valence electrons. The molecule has 3 heteroatoms. The smallest absolute Gasteiger partial charge is 0.123 e. The topological polar surface area (TPSA) is 15.3 Å². The predicted molar refractivity (Wildman–Crippen MR) is 73.0 cm³/mol. The van der Waals surface area contributed by atoms with E-state index in [0.29, 0.717) is 0 Å². The molecule has 0 aliphatic carbocycles. The third-order valence-electron chi connectivity index (χ3n) is 3.90. The predicted octanol–water partition coefficient (Wildman–Crippen LogP) is 2.82. The minimum absolute atomic E-state index is 0.152. The molecule has 0 saturated carbocycles. The summed E-state index contributed by atoms with van der Waals surface area (Å²) in [6, 6.07) is 7.09. The molecule has 0 aromatic heterocycles. The Hall–Kier alpha value is -0.930. The normalized spacial score (nSPS) is 19.9. The van der Waals surface area contributed by atoms with Gasteiger partial charge in [0.25, 0.3) is 0 Å². The number of hydrogen-bond acceptors (Lipinski definition) is 2. The Morgan fingerprint density at radius 2 is 2.11 bits per heavy atom. The zero-order valence-corrected chi connectivity index (χ0v) is 11.3. The summed E-state index contributed by atoms with van der Waals surface area (Å²) in [5.74, 6) is 0.609. The highest BCUT2D eigenvalue weighted by Gasteiger charge is 2.17. The average Bonchev–Trinajstić information content (AvgIpc) is 2.38. The number of hydrogen-bond donors (Lipinski definition) is 1. The summed E-state index contributed by atoms with van der Waals surface area (Å²) in [5.41, 5.74) is 1.03. The minimum Gasteiger partial charge on any atom is -0.310 e. The van der Waals surface area contributed by atoms with Crippen molar-refractivity contribution in [2.75, 3.05) is 26.7 Å². The minimum atomic E-state index is -0.152. The number of nitrogens with zero attached hydrogens (tertiary/aromatic N) is 1. The second-order valence-electron chi connectivity index (χ2n) is 5.43. The van der Waals surface area contributed by atoms with E-state index in [0.717, 1.165) is 18.0 Å². The molecule has 0 bridgehead atoms. The van der Waals surface area contributed by atoms with Gasteiger partial charge in [-0.15, -0.1) is 0 Å². The lowest BCUT2D eigenvalue weighted by Gasteiger charge is -2.30. The maximum atomic E-state index is 13.1. The summed E-state index contributed by atoms with van der Waals surface area (Å²) in [5, 5.41) is 3.53. The zero-order chi connectivity index (χ0) is 13.0. The van der Waals surface area contributed by atoms with E-state index in [2.05, 4.69) is 24.2 Å². The fraction of sp³-hybridized carbons (Fsp3) is 0.600. The summed E-state index contributed by atoms with van der Waals surface area (Å²) < 4.78 is 13.1. The lowest BCUT2D eigenvalue weighted by atomic mass is 9.96. The lowest BCUT2D eigenvalue weighted by molar-refractivity contribution is 0.213. The molecule has 18 heavy (non-hydrogen) atoms. The van der Waals surface area contributed by atoms with Crippen molar-refractivity contribution in [3.8, 4) is 0 Å². The second-order valence-corrected chi connectivity index (χ2v) is 5.43. The van der Waals surface area contributed by atoms with Gasteiger partial charge in [0.1, 0.15) is 5.82 Å². The maximum absolute atomic E-state index is 13.1. The largest absolute Gasteiger partial charge is 0.310 e. The first-order valence-corrected chi connectivity index (χ1v) is 6.82. The van der Waals surface area contributed by atoms with Gasteiger partial charge in [-0.05, 0) is 70.1 Å². The molecule has 0 amide bonds. The Kier molecular flexibility index (Phi) is 4.72. The molecule has 1 aliphatic heterocycles.